The molecular formula is C19H23ClN2O2. The van der Waals surface area contributed by atoms with Crippen molar-refractivity contribution in [2.45, 2.75) is 19.4 Å². The second kappa shape index (κ2) is 8.06. The van der Waals surface area contributed by atoms with Crippen LogP contribution in [-0.2, 0) is 11.2 Å². The van der Waals surface area contributed by atoms with E-state index in [1.807, 2.05) is 42.5 Å². The van der Waals surface area contributed by atoms with Gasteiger partial charge < -0.3 is 15.0 Å². The Morgan fingerprint density at radius 3 is 2.42 bits per heavy atom. The van der Waals surface area contributed by atoms with Crippen molar-refractivity contribution in [3.63, 3.8) is 0 Å². The Kier molecular flexibility index (Phi) is 6.10. The molecule has 0 spiro atoms. The fourth-order valence-electron chi connectivity index (χ4n) is 2.34. The highest BCUT2D eigenvalue weighted by Gasteiger charge is 2.09. The quantitative estimate of drug-likeness (QED) is 0.854. The number of hydrogen-bond acceptors (Lipinski definition) is 3. The largest absolute Gasteiger partial charge is 0.495 e. The van der Waals surface area contributed by atoms with E-state index >= 15 is 0 Å². The molecule has 4 nitrogen and oxygen atoms in total. The molecule has 0 heterocycles. The Hall–Kier alpha value is -2.20. The third-order valence-electron chi connectivity index (χ3n) is 3.87. The van der Waals surface area contributed by atoms with E-state index in [9.17, 15) is 4.79 Å². The number of benzene rings is 2. The third kappa shape index (κ3) is 4.65. The van der Waals surface area contributed by atoms with E-state index in [1.165, 1.54) is 0 Å². The second-order valence-corrected chi connectivity index (χ2v) is 6.33. The lowest BCUT2D eigenvalue weighted by atomic mass is 10.1. The molecule has 2 rings (SSSR count). The summed E-state index contributed by atoms with van der Waals surface area (Å²) in [7, 11) is 5.13. The van der Waals surface area contributed by atoms with E-state index in [4.69, 9.17) is 16.3 Å². The molecule has 2 aromatic carbocycles. The van der Waals surface area contributed by atoms with Crippen LogP contribution in [0.4, 0.5) is 5.69 Å². The Morgan fingerprint density at radius 1 is 1.21 bits per heavy atom. The summed E-state index contributed by atoms with van der Waals surface area (Å²) in [5, 5.41) is 4.03. The molecule has 0 radical (unpaired) electrons. The molecule has 0 aliphatic carbocycles. The number of nitrogens with one attached hydrogen (secondary N) is 1. The highest BCUT2D eigenvalue weighted by Crippen LogP contribution is 2.29. The molecule has 1 atom stereocenters. The van der Waals surface area contributed by atoms with E-state index in [2.05, 4.69) is 12.2 Å². The van der Waals surface area contributed by atoms with Crippen molar-refractivity contribution in [3.8, 4) is 5.75 Å². The van der Waals surface area contributed by atoms with Crippen LogP contribution in [0.3, 0.4) is 0 Å². The van der Waals surface area contributed by atoms with Crippen LogP contribution in [-0.4, -0.2) is 32.0 Å². The average Bonchev–Trinajstić information content (AvgIpc) is 2.56. The number of halogens is 1. The minimum Gasteiger partial charge on any atom is -0.495 e. The zero-order valence-electron chi connectivity index (χ0n) is 14.5. The van der Waals surface area contributed by atoms with Gasteiger partial charge in [0.25, 0.3) is 0 Å². The zero-order valence-corrected chi connectivity index (χ0v) is 15.2. The Balaban J connectivity index is 2.02. The Labute approximate surface area is 148 Å². The average molecular weight is 347 g/mol. The summed E-state index contributed by atoms with van der Waals surface area (Å²) in [6, 6.07) is 13.8. The second-order valence-electron chi connectivity index (χ2n) is 5.92. The minimum atomic E-state index is 0.0944. The molecule has 24 heavy (non-hydrogen) atoms. The molecule has 0 aromatic heterocycles. The van der Waals surface area contributed by atoms with Crippen molar-refractivity contribution in [2.75, 3.05) is 26.5 Å². The molecule has 0 saturated carbocycles. The molecule has 0 aliphatic heterocycles. The SMILES string of the molecule is COc1ccc([C@H](C)Nc2ccc(CC(=O)N(C)C)cc2)cc1Cl. The number of rotatable bonds is 6. The van der Waals surface area contributed by atoms with Gasteiger partial charge in [-0.1, -0.05) is 29.8 Å². The smallest absolute Gasteiger partial charge is 0.226 e. The zero-order chi connectivity index (χ0) is 17.7. The predicted molar refractivity (Wildman–Crippen MR) is 98.9 cm³/mol. The number of likely N-dealkylation sites (N-methyl/N-ethyl adjacent to an activating group) is 1. The van der Waals surface area contributed by atoms with Gasteiger partial charge in [0.15, 0.2) is 0 Å². The number of methoxy groups -OCH3 is 1. The summed E-state index contributed by atoms with van der Waals surface area (Å²) >= 11 is 6.18. The van der Waals surface area contributed by atoms with Crippen LogP contribution < -0.4 is 10.1 Å². The van der Waals surface area contributed by atoms with Gasteiger partial charge in [0, 0.05) is 25.8 Å². The number of anilines is 1. The van der Waals surface area contributed by atoms with Gasteiger partial charge in [-0.3, -0.25) is 4.79 Å². The number of carbonyl (C=O) groups is 1. The molecule has 0 aliphatic rings. The number of carbonyl (C=O) groups excluding carboxylic acids is 1. The fraction of sp³-hybridized carbons (Fsp3) is 0.316. The van der Waals surface area contributed by atoms with Gasteiger partial charge in [-0.2, -0.15) is 0 Å². The van der Waals surface area contributed by atoms with Gasteiger partial charge >= 0.3 is 0 Å². The van der Waals surface area contributed by atoms with Crippen molar-refractivity contribution < 1.29 is 9.53 Å². The Morgan fingerprint density at radius 2 is 1.88 bits per heavy atom. The molecule has 0 fully saturated rings. The lowest BCUT2D eigenvalue weighted by molar-refractivity contribution is -0.127. The normalized spacial score (nSPS) is 11.7. The van der Waals surface area contributed by atoms with Crippen molar-refractivity contribution in [3.05, 3.63) is 58.6 Å². The van der Waals surface area contributed by atoms with Crippen LogP contribution in [0.5, 0.6) is 5.75 Å². The molecule has 0 unspecified atom stereocenters. The first-order valence-corrected chi connectivity index (χ1v) is 8.17. The summed E-state index contributed by atoms with van der Waals surface area (Å²) in [5.41, 5.74) is 3.07. The van der Waals surface area contributed by atoms with Crippen LogP contribution in [0.25, 0.3) is 0 Å². The summed E-state index contributed by atoms with van der Waals surface area (Å²) in [6.45, 7) is 2.07. The highest BCUT2D eigenvalue weighted by atomic mass is 35.5. The fourth-order valence-corrected chi connectivity index (χ4v) is 2.60. The van der Waals surface area contributed by atoms with E-state index in [-0.39, 0.29) is 11.9 Å². The summed E-state index contributed by atoms with van der Waals surface area (Å²) in [5.74, 6) is 0.763. The predicted octanol–water partition coefficient (Wildman–Crippen LogP) is 4.15. The van der Waals surface area contributed by atoms with Gasteiger partial charge in [0.1, 0.15) is 5.75 Å². The van der Waals surface area contributed by atoms with Crippen LogP contribution in [0, 0.1) is 0 Å². The maximum absolute atomic E-state index is 11.7. The molecule has 5 heteroatoms. The van der Waals surface area contributed by atoms with E-state index in [0.29, 0.717) is 17.2 Å². The highest BCUT2D eigenvalue weighted by molar-refractivity contribution is 6.32. The molecule has 0 saturated heterocycles. The van der Waals surface area contributed by atoms with Gasteiger partial charge in [0.05, 0.1) is 18.6 Å². The molecule has 128 valence electrons. The van der Waals surface area contributed by atoms with Gasteiger partial charge in [-0.05, 0) is 42.3 Å². The summed E-state index contributed by atoms with van der Waals surface area (Å²) in [4.78, 5) is 13.3. The van der Waals surface area contributed by atoms with Crippen molar-refractivity contribution in [2.24, 2.45) is 0 Å². The first-order valence-electron chi connectivity index (χ1n) is 7.79. The summed E-state index contributed by atoms with van der Waals surface area (Å²) in [6.07, 6.45) is 0.414. The maximum atomic E-state index is 11.7. The molecule has 1 amide bonds. The summed E-state index contributed by atoms with van der Waals surface area (Å²) < 4.78 is 5.18. The topological polar surface area (TPSA) is 41.6 Å². The van der Waals surface area contributed by atoms with E-state index < -0.39 is 0 Å². The maximum Gasteiger partial charge on any atom is 0.226 e. The first-order chi connectivity index (χ1) is 11.4. The first kappa shape index (κ1) is 18.1. The monoisotopic (exact) mass is 346 g/mol. The van der Waals surface area contributed by atoms with E-state index in [1.54, 1.807) is 26.1 Å². The van der Waals surface area contributed by atoms with Crippen LogP contribution in [0.2, 0.25) is 5.02 Å². The lowest BCUT2D eigenvalue weighted by Gasteiger charge is -2.17. The number of hydrogen-bond donors (Lipinski definition) is 1. The van der Waals surface area contributed by atoms with Gasteiger partial charge in [-0.25, -0.2) is 0 Å². The van der Waals surface area contributed by atoms with Gasteiger partial charge in [0.2, 0.25) is 5.91 Å². The van der Waals surface area contributed by atoms with Crippen LogP contribution in [0.1, 0.15) is 24.1 Å². The van der Waals surface area contributed by atoms with Crippen LogP contribution in [0.15, 0.2) is 42.5 Å². The van der Waals surface area contributed by atoms with Gasteiger partial charge in [-0.15, -0.1) is 0 Å². The van der Waals surface area contributed by atoms with Crippen molar-refractivity contribution >= 4 is 23.2 Å². The van der Waals surface area contributed by atoms with Crippen molar-refractivity contribution in [1.82, 2.24) is 4.90 Å². The molecular weight excluding hydrogens is 324 g/mol. The minimum absolute atomic E-state index is 0.0944. The third-order valence-corrected chi connectivity index (χ3v) is 4.16. The van der Waals surface area contributed by atoms with E-state index in [0.717, 1.165) is 16.8 Å². The number of ether oxygens (including phenoxy) is 1. The molecule has 2 aromatic rings. The standard InChI is InChI=1S/C19H23ClN2O2/c1-13(15-7-10-18(24-4)17(20)12-15)21-16-8-5-14(6-9-16)11-19(23)22(2)3/h5-10,12-13,21H,11H2,1-4H3/t13-/m0/s1. The lowest BCUT2D eigenvalue weighted by Crippen LogP contribution is -2.23. The van der Waals surface area contributed by atoms with Crippen LogP contribution >= 0.6 is 11.6 Å². The number of nitrogens with zero attached hydrogens (tertiary/aromatic N) is 1. The molecule has 1 N–H and O–H groups in total. The van der Waals surface area contributed by atoms with Crippen molar-refractivity contribution in [1.29, 1.82) is 0 Å². The number of amides is 1. The molecule has 0 bridgehead atoms. The Bertz CT molecular complexity index is 699.